The summed E-state index contributed by atoms with van der Waals surface area (Å²) in [4.78, 5) is 0. The molecular weight excluding hydrogens is 182 g/mol. The van der Waals surface area contributed by atoms with Crippen molar-refractivity contribution in [3.05, 3.63) is 42.5 Å². The van der Waals surface area contributed by atoms with Gasteiger partial charge in [0.15, 0.2) is 0 Å². The highest BCUT2D eigenvalue weighted by Gasteiger charge is 1.92. The molecule has 15 heavy (non-hydrogen) atoms. The predicted octanol–water partition coefficient (Wildman–Crippen LogP) is 4.47. The summed E-state index contributed by atoms with van der Waals surface area (Å²) < 4.78 is 0. The van der Waals surface area contributed by atoms with Crippen LogP contribution in [-0.2, 0) is 0 Å². The summed E-state index contributed by atoms with van der Waals surface area (Å²) in [6.07, 6.45) is 0. The molecule has 0 spiro atoms. The van der Waals surface area contributed by atoms with Gasteiger partial charge in [0, 0.05) is 11.1 Å². The molecule has 0 fully saturated rings. The second-order valence-corrected chi connectivity index (χ2v) is 2.57. The van der Waals surface area contributed by atoms with Gasteiger partial charge < -0.3 is 5.73 Å². The number of rotatable bonds is 0. The minimum Gasteiger partial charge on any atom is -0.398 e. The fraction of sp³-hybridized carbons (Fsp3) is 0.286. The maximum atomic E-state index is 5.76. The first-order chi connectivity index (χ1) is 7.38. The summed E-state index contributed by atoms with van der Waals surface area (Å²) in [5, 5.41) is 2.34. The summed E-state index contributed by atoms with van der Waals surface area (Å²) >= 11 is 0. The highest BCUT2D eigenvalue weighted by Crippen LogP contribution is 2.19. The van der Waals surface area contributed by atoms with Crippen molar-refractivity contribution in [2.45, 2.75) is 27.7 Å². The molecule has 0 aliphatic carbocycles. The first-order valence-corrected chi connectivity index (χ1v) is 5.61. The molecule has 2 rings (SSSR count). The second kappa shape index (κ2) is 7.86. The van der Waals surface area contributed by atoms with Gasteiger partial charge in [-0.15, -0.1) is 0 Å². The molecule has 0 aliphatic heterocycles. The van der Waals surface area contributed by atoms with Crippen LogP contribution in [0.5, 0.6) is 0 Å². The molecule has 0 saturated heterocycles. The Hall–Kier alpha value is -1.50. The van der Waals surface area contributed by atoms with Gasteiger partial charge in [-0.2, -0.15) is 0 Å². The highest BCUT2D eigenvalue weighted by atomic mass is 14.5. The third kappa shape index (κ3) is 3.62. The average molecular weight is 203 g/mol. The lowest BCUT2D eigenvalue weighted by Gasteiger charge is -1.98. The summed E-state index contributed by atoms with van der Waals surface area (Å²) in [5.41, 5.74) is 6.61. The van der Waals surface area contributed by atoms with E-state index in [-0.39, 0.29) is 0 Å². The SMILES string of the molecule is CC.CC.Nc1cccc2ccccc12. The second-order valence-electron chi connectivity index (χ2n) is 2.57. The molecule has 1 nitrogen and oxygen atoms in total. The van der Waals surface area contributed by atoms with E-state index in [1.165, 1.54) is 5.39 Å². The molecule has 0 unspecified atom stereocenters. The lowest BCUT2D eigenvalue weighted by atomic mass is 10.1. The topological polar surface area (TPSA) is 26.0 Å². The van der Waals surface area contributed by atoms with Crippen LogP contribution in [0.1, 0.15) is 27.7 Å². The predicted molar refractivity (Wildman–Crippen MR) is 71.1 cm³/mol. The fourth-order valence-electron chi connectivity index (χ4n) is 1.25. The molecule has 0 heterocycles. The zero-order valence-corrected chi connectivity index (χ0v) is 10.1. The molecule has 0 atom stereocenters. The Kier molecular flexibility index (Phi) is 7.08. The minimum atomic E-state index is 0.850. The molecule has 2 aromatic carbocycles. The van der Waals surface area contributed by atoms with Gasteiger partial charge in [-0.25, -0.2) is 0 Å². The molecule has 0 amide bonds. The van der Waals surface area contributed by atoms with Crippen LogP contribution in [0.3, 0.4) is 0 Å². The molecule has 0 aliphatic rings. The maximum absolute atomic E-state index is 5.76. The lowest BCUT2D eigenvalue weighted by Crippen LogP contribution is -1.84. The Balaban J connectivity index is 0.000000442. The number of hydrogen-bond acceptors (Lipinski definition) is 1. The van der Waals surface area contributed by atoms with Gasteiger partial charge >= 0.3 is 0 Å². The Labute approximate surface area is 92.9 Å². The largest absolute Gasteiger partial charge is 0.398 e. The van der Waals surface area contributed by atoms with E-state index in [2.05, 4.69) is 12.1 Å². The Morgan fingerprint density at radius 3 is 1.87 bits per heavy atom. The smallest absolute Gasteiger partial charge is 0.0393 e. The normalized spacial score (nSPS) is 8.27. The van der Waals surface area contributed by atoms with Crippen LogP contribution < -0.4 is 5.73 Å². The minimum absolute atomic E-state index is 0.850. The van der Waals surface area contributed by atoms with Gasteiger partial charge in [0.25, 0.3) is 0 Å². The van der Waals surface area contributed by atoms with Gasteiger partial charge in [-0.1, -0.05) is 64.1 Å². The first kappa shape index (κ1) is 13.5. The van der Waals surface area contributed by atoms with Crippen molar-refractivity contribution >= 4 is 16.5 Å². The van der Waals surface area contributed by atoms with E-state index in [9.17, 15) is 0 Å². The molecule has 2 N–H and O–H groups in total. The first-order valence-electron chi connectivity index (χ1n) is 5.61. The van der Waals surface area contributed by atoms with Crippen LogP contribution in [0.15, 0.2) is 42.5 Å². The van der Waals surface area contributed by atoms with Crippen molar-refractivity contribution in [2.75, 3.05) is 5.73 Å². The van der Waals surface area contributed by atoms with E-state index in [1.54, 1.807) is 0 Å². The maximum Gasteiger partial charge on any atom is 0.0393 e. The van der Waals surface area contributed by atoms with Crippen molar-refractivity contribution in [1.29, 1.82) is 0 Å². The Morgan fingerprint density at radius 1 is 0.733 bits per heavy atom. The van der Waals surface area contributed by atoms with E-state index in [0.717, 1.165) is 11.1 Å². The number of hydrogen-bond donors (Lipinski definition) is 1. The molecule has 0 saturated carbocycles. The van der Waals surface area contributed by atoms with Gasteiger partial charge in [-0.05, 0) is 11.5 Å². The molecule has 82 valence electrons. The van der Waals surface area contributed by atoms with E-state index >= 15 is 0 Å². The van der Waals surface area contributed by atoms with Crippen molar-refractivity contribution < 1.29 is 0 Å². The van der Waals surface area contributed by atoms with Crippen LogP contribution in [0.2, 0.25) is 0 Å². The van der Waals surface area contributed by atoms with E-state index in [0.29, 0.717) is 0 Å². The summed E-state index contributed by atoms with van der Waals surface area (Å²) in [5.74, 6) is 0. The summed E-state index contributed by atoms with van der Waals surface area (Å²) in [6.45, 7) is 8.00. The van der Waals surface area contributed by atoms with Crippen LogP contribution >= 0.6 is 0 Å². The molecular formula is C14H21N. The van der Waals surface area contributed by atoms with Crippen LogP contribution in [0, 0.1) is 0 Å². The van der Waals surface area contributed by atoms with E-state index in [1.807, 2.05) is 58.0 Å². The molecule has 2 aromatic rings. The van der Waals surface area contributed by atoms with Crippen molar-refractivity contribution in [1.82, 2.24) is 0 Å². The van der Waals surface area contributed by atoms with Crippen molar-refractivity contribution in [3.8, 4) is 0 Å². The van der Waals surface area contributed by atoms with Crippen LogP contribution in [0.4, 0.5) is 5.69 Å². The highest BCUT2D eigenvalue weighted by molar-refractivity contribution is 5.92. The fourth-order valence-corrected chi connectivity index (χ4v) is 1.25. The summed E-state index contributed by atoms with van der Waals surface area (Å²) in [6, 6.07) is 14.1. The van der Waals surface area contributed by atoms with Crippen LogP contribution in [-0.4, -0.2) is 0 Å². The van der Waals surface area contributed by atoms with Crippen molar-refractivity contribution in [2.24, 2.45) is 0 Å². The monoisotopic (exact) mass is 203 g/mol. The van der Waals surface area contributed by atoms with E-state index < -0.39 is 0 Å². The average Bonchev–Trinajstić information content (AvgIpc) is 2.35. The third-order valence-electron chi connectivity index (χ3n) is 1.82. The number of fused-ring (bicyclic) bond motifs is 1. The molecule has 0 radical (unpaired) electrons. The van der Waals surface area contributed by atoms with Crippen LogP contribution in [0.25, 0.3) is 10.8 Å². The van der Waals surface area contributed by atoms with Gasteiger partial charge in [0.05, 0.1) is 0 Å². The molecule has 0 bridgehead atoms. The number of nitrogen functional groups attached to an aromatic ring is 1. The standard InChI is InChI=1S/C10H9N.2C2H6/c11-10-7-3-5-8-4-1-2-6-9(8)10;2*1-2/h1-7H,11H2;2*1-2H3. The molecule has 0 aromatic heterocycles. The number of anilines is 1. The number of benzene rings is 2. The third-order valence-corrected chi connectivity index (χ3v) is 1.82. The van der Waals surface area contributed by atoms with Crippen molar-refractivity contribution in [3.63, 3.8) is 0 Å². The number of nitrogens with two attached hydrogens (primary N) is 1. The quantitative estimate of drug-likeness (QED) is 0.628. The van der Waals surface area contributed by atoms with Gasteiger partial charge in [0.1, 0.15) is 0 Å². The zero-order chi connectivity index (χ0) is 11.7. The van der Waals surface area contributed by atoms with Gasteiger partial charge in [0.2, 0.25) is 0 Å². The van der Waals surface area contributed by atoms with E-state index in [4.69, 9.17) is 5.73 Å². The summed E-state index contributed by atoms with van der Waals surface area (Å²) in [7, 11) is 0. The molecule has 1 heteroatoms. The Morgan fingerprint density at radius 2 is 1.27 bits per heavy atom. The lowest BCUT2D eigenvalue weighted by molar-refractivity contribution is 1.50. The van der Waals surface area contributed by atoms with Gasteiger partial charge in [-0.3, -0.25) is 0 Å². The zero-order valence-electron chi connectivity index (χ0n) is 10.1. The Bertz CT molecular complexity index is 375.